The van der Waals surface area contributed by atoms with Gasteiger partial charge in [-0.15, -0.1) is 0 Å². The Morgan fingerprint density at radius 1 is 1.43 bits per heavy atom. The van der Waals surface area contributed by atoms with E-state index in [0.29, 0.717) is 5.92 Å². The van der Waals surface area contributed by atoms with Gasteiger partial charge in [0.1, 0.15) is 5.78 Å². The van der Waals surface area contributed by atoms with Gasteiger partial charge in [-0.25, -0.2) is 0 Å². The molecule has 1 saturated carbocycles. The van der Waals surface area contributed by atoms with Crippen LogP contribution < -0.4 is 5.73 Å². The normalized spacial score (nSPS) is 22.2. The van der Waals surface area contributed by atoms with Gasteiger partial charge in [-0.05, 0) is 31.6 Å². The summed E-state index contributed by atoms with van der Waals surface area (Å²) >= 11 is 0. The van der Waals surface area contributed by atoms with Crippen LogP contribution in [0.2, 0.25) is 0 Å². The maximum Gasteiger partial charge on any atom is 0.146 e. The minimum absolute atomic E-state index is 0.128. The zero-order chi connectivity index (χ0) is 10.6. The number of ketones is 1. The van der Waals surface area contributed by atoms with Gasteiger partial charge >= 0.3 is 0 Å². The predicted octanol–water partition coefficient (Wildman–Crippen LogP) is 2.51. The Hall–Kier alpha value is -0.370. The molecule has 0 aromatic carbocycles. The van der Waals surface area contributed by atoms with E-state index in [1.165, 1.54) is 32.1 Å². The van der Waals surface area contributed by atoms with Crippen molar-refractivity contribution in [2.45, 2.75) is 58.4 Å². The highest BCUT2D eigenvalue weighted by Crippen LogP contribution is 2.31. The first kappa shape index (κ1) is 11.7. The molecule has 2 heteroatoms. The van der Waals surface area contributed by atoms with Crippen LogP contribution in [0.15, 0.2) is 0 Å². The lowest BCUT2D eigenvalue weighted by Gasteiger charge is -2.18. The van der Waals surface area contributed by atoms with Crippen molar-refractivity contribution in [2.75, 3.05) is 0 Å². The van der Waals surface area contributed by atoms with Crippen LogP contribution in [0, 0.1) is 11.8 Å². The van der Waals surface area contributed by atoms with E-state index in [9.17, 15) is 4.79 Å². The first-order valence-corrected chi connectivity index (χ1v) is 5.85. The van der Waals surface area contributed by atoms with Crippen LogP contribution in [0.3, 0.4) is 0 Å². The molecular weight excluding hydrogens is 174 g/mol. The fraction of sp³-hybridized carbons (Fsp3) is 0.917. The molecule has 1 aliphatic rings. The number of rotatable bonds is 5. The third-order valence-electron chi connectivity index (χ3n) is 3.39. The average molecular weight is 197 g/mol. The van der Waals surface area contributed by atoms with Crippen molar-refractivity contribution in [2.24, 2.45) is 17.6 Å². The third-order valence-corrected chi connectivity index (χ3v) is 3.39. The minimum Gasteiger partial charge on any atom is -0.322 e. The van der Waals surface area contributed by atoms with Crippen LogP contribution in [0.5, 0.6) is 0 Å². The number of Topliss-reactive ketones (excluding diaryl/α,β-unsaturated/α-hetero) is 1. The highest BCUT2D eigenvalue weighted by atomic mass is 16.1. The molecule has 2 nitrogen and oxygen atoms in total. The second kappa shape index (κ2) is 5.50. The van der Waals surface area contributed by atoms with Crippen LogP contribution in [0.4, 0.5) is 0 Å². The summed E-state index contributed by atoms with van der Waals surface area (Å²) in [5.41, 5.74) is 5.74. The number of carbonyl (C=O) groups is 1. The summed E-state index contributed by atoms with van der Waals surface area (Å²) in [7, 11) is 0. The Balaban J connectivity index is 2.20. The van der Waals surface area contributed by atoms with E-state index in [4.69, 9.17) is 5.73 Å². The molecule has 0 radical (unpaired) electrons. The molecule has 0 aromatic heterocycles. The fourth-order valence-electron chi connectivity index (χ4n) is 2.51. The first-order chi connectivity index (χ1) is 6.59. The van der Waals surface area contributed by atoms with E-state index < -0.39 is 0 Å². The van der Waals surface area contributed by atoms with E-state index in [0.717, 1.165) is 12.3 Å². The summed E-state index contributed by atoms with van der Waals surface area (Å²) < 4.78 is 0. The Labute approximate surface area is 87.2 Å². The smallest absolute Gasteiger partial charge is 0.146 e. The molecule has 0 bridgehead atoms. The summed E-state index contributed by atoms with van der Waals surface area (Å²) in [6.07, 6.45) is 7.71. The zero-order valence-corrected chi connectivity index (χ0v) is 9.46. The van der Waals surface area contributed by atoms with Gasteiger partial charge in [0.2, 0.25) is 0 Å². The van der Waals surface area contributed by atoms with Crippen molar-refractivity contribution in [3.63, 3.8) is 0 Å². The quantitative estimate of drug-likeness (QED) is 0.736. The Morgan fingerprint density at radius 3 is 2.50 bits per heavy atom. The average Bonchev–Trinajstić information content (AvgIpc) is 2.56. The van der Waals surface area contributed by atoms with Crippen molar-refractivity contribution >= 4 is 5.78 Å². The lowest BCUT2D eigenvalue weighted by atomic mass is 9.89. The van der Waals surface area contributed by atoms with Gasteiger partial charge in [-0.1, -0.05) is 32.6 Å². The van der Waals surface area contributed by atoms with Gasteiger partial charge in [0.15, 0.2) is 0 Å². The molecule has 2 N–H and O–H groups in total. The van der Waals surface area contributed by atoms with Gasteiger partial charge in [0.25, 0.3) is 0 Å². The van der Waals surface area contributed by atoms with Crippen LogP contribution in [-0.4, -0.2) is 11.8 Å². The SMILES string of the molecule is CC(=O)[C@@H](N)C[C@H](C)CC1CCCC1. The van der Waals surface area contributed by atoms with Gasteiger partial charge in [-0.3, -0.25) is 4.79 Å². The van der Waals surface area contributed by atoms with Gasteiger partial charge in [-0.2, -0.15) is 0 Å². The predicted molar refractivity (Wildman–Crippen MR) is 59.0 cm³/mol. The second-order valence-electron chi connectivity index (χ2n) is 4.94. The molecule has 14 heavy (non-hydrogen) atoms. The number of hydrogen-bond donors (Lipinski definition) is 1. The van der Waals surface area contributed by atoms with Crippen LogP contribution in [-0.2, 0) is 4.79 Å². The summed E-state index contributed by atoms with van der Waals surface area (Å²) in [4.78, 5) is 11.0. The molecule has 0 unspecified atom stereocenters. The van der Waals surface area contributed by atoms with E-state index in [2.05, 4.69) is 6.92 Å². The van der Waals surface area contributed by atoms with E-state index in [1.807, 2.05) is 0 Å². The molecule has 82 valence electrons. The standard InChI is InChI=1S/C12H23NO/c1-9(8-12(13)10(2)14)7-11-5-3-4-6-11/h9,11-12H,3-8,13H2,1-2H3/t9-,12+/m1/s1. The molecule has 1 rings (SSSR count). The summed E-state index contributed by atoms with van der Waals surface area (Å²) in [6.45, 7) is 3.81. The fourth-order valence-corrected chi connectivity index (χ4v) is 2.51. The van der Waals surface area contributed by atoms with Crippen molar-refractivity contribution in [3.05, 3.63) is 0 Å². The minimum atomic E-state index is -0.230. The lowest BCUT2D eigenvalue weighted by Crippen LogP contribution is -2.30. The van der Waals surface area contributed by atoms with Crippen molar-refractivity contribution in [1.29, 1.82) is 0 Å². The highest BCUT2D eigenvalue weighted by molar-refractivity contribution is 5.81. The molecule has 1 aliphatic carbocycles. The van der Waals surface area contributed by atoms with Crippen molar-refractivity contribution in [3.8, 4) is 0 Å². The maximum absolute atomic E-state index is 11.0. The summed E-state index contributed by atoms with van der Waals surface area (Å²) in [5.74, 6) is 1.64. The largest absolute Gasteiger partial charge is 0.322 e. The molecule has 0 saturated heterocycles. The maximum atomic E-state index is 11.0. The molecule has 1 fully saturated rings. The first-order valence-electron chi connectivity index (χ1n) is 5.85. The molecule has 0 heterocycles. The third kappa shape index (κ3) is 3.79. The van der Waals surface area contributed by atoms with Crippen molar-refractivity contribution < 1.29 is 4.79 Å². The number of hydrogen-bond acceptors (Lipinski definition) is 2. The monoisotopic (exact) mass is 197 g/mol. The summed E-state index contributed by atoms with van der Waals surface area (Å²) in [6, 6.07) is -0.230. The van der Waals surface area contributed by atoms with Crippen LogP contribution in [0.25, 0.3) is 0 Å². The Kier molecular flexibility index (Phi) is 4.59. The molecule has 0 aliphatic heterocycles. The zero-order valence-electron chi connectivity index (χ0n) is 9.46. The van der Waals surface area contributed by atoms with Crippen LogP contribution in [0.1, 0.15) is 52.4 Å². The van der Waals surface area contributed by atoms with E-state index in [1.54, 1.807) is 6.92 Å². The summed E-state index contributed by atoms with van der Waals surface area (Å²) in [5, 5.41) is 0. The topological polar surface area (TPSA) is 43.1 Å². The molecule has 0 spiro atoms. The van der Waals surface area contributed by atoms with Gasteiger partial charge in [0.05, 0.1) is 6.04 Å². The highest BCUT2D eigenvalue weighted by Gasteiger charge is 2.20. The molecular formula is C12H23NO. The Bertz CT molecular complexity index is 185. The number of carbonyl (C=O) groups excluding carboxylic acids is 1. The van der Waals surface area contributed by atoms with Crippen molar-refractivity contribution in [1.82, 2.24) is 0 Å². The number of nitrogens with two attached hydrogens (primary N) is 1. The van der Waals surface area contributed by atoms with E-state index >= 15 is 0 Å². The molecule has 0 amide bonds. The molecule has 0 aromatic rings. The van der Waals surface area contributed by atoms with Gasteiger partial charge < -0.3 is 5.73 Å². The lowest BCUT2D eigenvalue weighted by molar-refractivity contribution is -0.118. The molecule has 2 atom stereocenters. The Morgan fingerprint density at radius 2 is 2.00 bits per heavy atom. The van der Waals surface area contributed by atoms with E-state index in [-0.39, 0.29) is 11.8 Å². The second-order valence-corrected chi connectivity index (χ2v) is 4.94. The van der Waals surface area contributed by atoms with Gasteiger partial charge in [0, 0.05) is 0 Å². The van der Waals surface area contributed by atoms with Crippen LogP contribution >= 0.6 is 0 Å².